The van der Waals surface area contributed by atoms with E-state index >= 15 is 0 Å². The summed E-state index contributed by atoms with van der Waals surface area (Å²) >= 11 is 0. The van der Waals surface area contributed by atoms with Gasteiger partial charge in [-0.1, -0.05) is 184 Å². The SMILES string of the molecule is C=Cc1oc2c(c1/C=C\C)C1(c3ccccc3-c3ccccc31)c1cc(C3=C/C=C\NC(N=C)(c4ccccc4)\C=C\3)ccc1-2.C=NCc1cccc(-c2ccccc2)c1.CC. The topological polar surface area (TPSA) is 49.9 Å². The van der Waals surface area contributed by atoms with E-state index in [2.05, 4.69) is 188 Å². The van der Waals surface area contributed by atoms with Crippen LogP contribution in [0.1, 0.15) is 71.0 Å². The summed E-state index contributed by atoms with van der Waals surface area (Å²) in [6, 6.07) is 53.4. The maximum atomic E-state index is 6.68. The lowest BCUT2D eigenvalue weighted by atomic mass is 9.69. The molecule has 0 bridgehead atoms. The Bertz CT molecular complexity index is 2840. The maximum Gasteiger partial charge on any atom is 0.173 e. The van der Waals surface area contributed by atoms with Crippen molar-refractivity contribution in [2.45, 2.75) is 38.4 Å². The number of nitrogens with zero attached hydrogens (tertiary/aromatic N) is 2. The van der Waals surface area contributed by atoms with Crippen molar-refractivity contribution in [2.24, 2.45) is 9.98 Å². The molecule has 6 aromatic carbocycles. The van der Waals surface area contributed by atoms with Crippen LogP contribution in [0.15, 0.2) is 209 Å². The van der Waals surface area contributed by atoms with Gasteiger partial charge in [0.05, 0.1) is 12.0 Å². The zero-order valence-corrected chi connectivity index (χ0v) is 35.7. The van der Waals surface area contributed by atoms with Crippen LogP contribution in [0, 0.1) is 0 Å². The molecule has 4 heteroatoms. The largest absolute Gasteiger partial charge is 0.456 e. The highest BCUT2D eigenvalue weighted by Crippen LogP contribution is 2.65. The molecule has 304 valence electrons. The lowest BCUT2D eigenvalue weighted by Crippen LogP contribution is -2.35. The van der Waals surface area contributed by atoms with Crippen molar-refractivity contribution in [1.29, 1.82) is 0 Å². The fraction of sp³-hybridized carbons (Fsp3) is 0.103. The van der Waals surface area contributed by atoms with Crippen LogP contribution in [-0.2, 0) is 17.6 Å². The van der Waals surface area contributed by atoms with E-state index in [1.165, 1.54) is 50.1 Å². The van der Waals surface area contributed by atoms with Crippen molar-refractivity contribution < 1.29 is 4.42 Å². The molecule has 1 aromatic heterocycles. The van der Waals surface area contributed by atoms with Crippen LogP contribution in [0.25, 0.3) is 51.3 Å². The van der Waals surface area contributed by atoms with Crippen LogP contribution in [-0.4, -0.2) is 13.4 Å². The number of aliphatic imine (C=N–C) groups is 2. The van der Waals surface area contributed by atoms with E-state index in [9.17, 15) is 0 Å². The molecule has 7 aromatic rings. The molecule has 0 saturated carbocycles. The van der Waals surface area contributed by atoms with E-state index in [1.807, 2.05) is 68.6 Å². The average Bonchev–Trinajstić information content (AvgIpc) is 3.94. The fourth-order valence-electron chi connectivity index (χ4n) is 9.17. The zero-order valence-electron chi connectivity index (χ0n) is 35.7. The Labute approximate surface area is 366 Å². The van der Waals surface area contributed by atoms with Crippen molar-refractivity contribution in [3.8, 4) is 33.6 Å². The van der Waals surface area contributed by atoms with Gasteiger partial charge in [-0.05, 0) is 113 Å². The minimum atomic E-state index is -0.775. The summed E-state index contributed by atoms with van der Waals surface area (Å²) < 4.78 is 6.68. The molecule has 1 aliphatic heterocycles. The second-order valence-corrected chi connectivity index (χ2v) is 15.1. The number of rotatable bonds is 8. The third-order valence-electron chi connectivity index (χ3n) is 11.8. The van der Waals surface area contributed by atoms with Gasteiger partial charge < -0.3 is 9.73 Å². The zero-order chi connectivity index (χ0) is 43.1. The van der Waals surface area contributed by atoms with E-state index in [0.717, 1.165) is 39.3 Å². The first-order valence-corrected chi connectivity index (χ1v) is 21.3. The standard InChI is InChI=1S/C42H32N2O.C14H13N.C2H6/c1-4-14-34-38(5-2)45-40-33-23-22-29(28-15-13-26-44-41(43-3,25-24-28)30-16-7-6-8-17-30)27-37(33)42(39(34)40)35-20-11-9-18-31(35)32-19-10-12-21-36(32)42;1-15-11-12-6-5-9-14(10-12)13-7-3-2-4-8-13;1-2/h4-27,44H,2-3H2,1H3;2-10H,1,11H2;1-2H3/b14-4-,25-24+,26-13-,28-15+;;. The van der Waals surface area contributed by atoms with E-state index < -0.39 is 11.1 Å². The quantitative estimate of drug-likeness (QED) is 0.156. The Hall–Kier alpha value is -7.56. The van der Waals surface area contributed by atoms with Crippen molar-refractivity contribution in [1.82, 2.24) is 5.32 Å². The highest BCUT2D eigenvalue weighted by molar-refractivity contribution is 5.97. The Morgan fingerprint density at radius 1 is 0.677 bits per heavy atom. The normalized spacial score (nSPS) is 17.7. The first kappa shape index (κ1) is 41.2. The van der Waals surface area contributed by atoms with Gasteiger partial charge >= 0.3 is 0 Å². The van der Waals surface area contributed by atoms with Crippen molar-refractivity contribution in [2.75, 3.05) is 0 Å². The Balaban J connectivity index is 0.000000262. The maximum absolute atomic E-state index is 6.68. The monoisotopic (exact) mass is 805 g/mol. The second kappa shape index (κ2) is 18.0. The van der Waals surface area contributed by atoms with Crippen LogP contribution in [0.4, 0.5) is 0 Å². The lowest BCUT2D eigenvalue weighted by Gasteiger charge is -2.31. The molecule has 0 fully saturated rings. The molecule has 1 unspecified atom stereocenters. The number of nitrogens with one attached hydrogen (secondary N) is 1. The minimum absolute atomic E-state index is 0.535. The fourth-order valence-corrected chi connectivity index (χ4v) is 9.17. The number of hydrogen-bond donors (Lipinski definition) is 1. The third-order valence-corrected chi connectivity index (χ3v) is 11.8. The molecule has 2 aliphatic carbocycles. The Morgan fingerprint density at radius 3 is 2.00 bits per heavy atom. The molecule has 0 amide bonds. The minimum Gasteiger partial charge on any atom is -0.456 e. The highest BCUT2D eigenvalue weighted by Gasteiger charge is 2.54. The van der Waals surface area contributed by atoms with Crippen LogP contribution in [0.2, 0.25) is 0 Å². The van der Waals surface area contributed by atoms with E-state index in [0.29, 0.717) is 6.54 Å². The van der Waals surface area contributed by atoms with Gasteiger partial charge in [0.15, 0.2) is 5.66 Å². The summed E-state index contributed by atoms with van der Waals surface area (Å²) in [6.45, 7) is 18.3. The molecule has 1 N–H and O–H groups in total. The molecule has 1 spiro atoms. The first-order valence-electron chi connectivity index (χ1n) is 21.3. The van der Waals surface area contributed by atoms with Crippen molar-refractivity contribution in [3.63, 3.8) is 0 Å². The van der Waals surface area contributed by atoms with E-state index in [1.54, 1.807) is 0 Å². The Kier molecular flexibility index (Phi) is 11.9. The van der Waals surface area contributed by atoms with Gasteiger partial charge in [-0.3, -0.25) is 9.98 Å². The van der Waals surface area contributed by atoms with Crippen LogP contribution >= 0.6 is 0 Å². The predicted molar refractivity (Wildman–Crippen MR) is 263 cm³/mol. The smallest absolute Gasteiger partial charge is 0.173 e. The molecular formula is C58H51N3O. The molecule has 4 nitrogen and oxygen atoms in total. The summed E-state index contributed by atoms with van der Waals surface area (Å²) in [5.41, 5.74) is 15.2. The molecule has 62 heavy (non-hydrogen) atoms. The van der Waals surface area contributed by atoms with Gasteiger partial charge in [0.1, 0.15) is 11.5 Å². The molecular weight excluding hydrogens is 755 g/mol. The second-order valence-electron chi connectivity index (χ2n) is 15.1. The van der Waals surface area contributed by atoms with Crippen LogP contribution in [0.3, 0.4) is 0 Å². The summed E-state index contributed by atoms with van der Waals surface area (Å²) in [6.07, 6.45) is 16.5. The van der Waals surface area contributed by atoms with Crippen LogP contribution in [0.5, 0.6) is 0 Å². The van der Waals surface area contributed by atoms with Gasteiger partial charge in [0, 0.05) is 22.3 Å². The highest BCUT2D eigenvalue weighted by atomic mass is 16.3. The summed E-state index contributed by atoms with van der Waals surface area (Å²) in [5.74, 6) is 1.71. The number of furan rings is 1. The van der Waals surface area contributed by atoms with Crippen LogP contribution < -0.4 is 5.32 Å². The number of benzene rings is 6. The summed E-state index contributed by atoms with van der Waals surface area (Å²) in [7, 11) is 0. The Morgan fingerprint density at radius 2 is 1.34 bits per heavy atom. The first-order chi connectivity index (χ1) is 30.6. The van der Waals surface area contributed by atoms with Gasteiger partial charge in [0.25, 0.3) is 0 Å². The van der Waals surface area contributed by atoms with Gasteiger partial charge in [-0.2, -0.15) is 0 Å². The third kappa shape index (κ3) is 7.04. The summed E-state index contributed by atoms with van der Waals surface area (Å²) in [4.78, 5) is 8.45. The van der Waals surface area contributed by atoms with E-state index in [4.69, 9.17) is 4.42 Å². The van der Waals surface area contributed by atoms with Gasteiger partial charge in [0.2, 0.25) is 0 Å². The molecule has 3 aliphatic rings. The predicted octanol–water partition coefficient (Wildman–Crippen LogP) is 14.5. The molecule has 1 atom stereocenters. The van der Waals surface area contributed by atoms with Crippen molar-refractivity contribution in [3.05, 3.63) is 245 Å². The molecule has 0 saturated heterocycles. The van der Waals surface area contributed by atoms with Crippen molar-refractivity contribution >= 4 is 31.2 Å². The molecule has 10 rings (SSSR count). The number of hydrogen-bond acceptors (Lipinski definition) is 4. The molecule has 0 radical (unpaired) electrons. The lowest BCUT2D eigenvalue weighted by molar-refractivity contribution is 0.506. The van der Waals surface area contributed by atoms with E-state index in [-0.39, 0.29) is 0 Å². The molecule has 2 heterocycles. The number of fused-ring (bicyclic) bond motifs is 10. The number of allylic oxidation sites excluding steroid dienone is 5. The van der Waals surface area contributed by atoms with Gasteiger partial charge in [-0.15, -0.1) is 0 Å². The van der Waals surface area contributed by atoms with Gasteiger partial charge in [-0.25, -0.2) is 0 Å². The average molecular weight is 806 g/mol. The summed E-state index contributed by atoms with van der Waals surface area (Å²) in [5, 5.41) is 3.45.